The molecule has 0 unspecified atom stereocenters. The zero-order valence-corrected chi connectivity index (χ0v) is 14.3. The lowest BCUT2D eigenvalue weighted by atomic mass is 10.2. The van der Waals surface area contributed by atoms with E-state index in [0.29, 0.717) is 16.9 Å². The van der Waals surface area contributed by atoms with E-state index >= 15 is 0 Å². The van der Waals surface area contributed by atoms with Gasteiger partial charge < -0.3 is 10.6 Å². The molecule has 0 saturated carbocycles. The van der Waals surface area contributed by atoms with Crippen molar-refractivity contribution in [2.24, 2.45) is 0 Å². The van der Waals surface area contributed by atoms with Gasteiger partial charge in [-0.3, -0.25) is 9.59 Å². The largest absolute Gasteiger partial charge is 0.326 e. The van der Waals surface area contributed by atoms with Gasteiger partial charge in [0.2, 0.25) is 21.8 Å². The first-order valence-corrected chi connectivity index (χ1v) is 9.11. The van der Waals surface area contributed by atoms with Crippen molar-refractivity contribution in [2.75, 3.05) is 17.2 Å². The lowest BCUT2D eigenvalue weighted by Gasteiger charge is -2.10. The first-order valence-electron chi connectivity index (χ1n) is 7.63. The minimum absolute atomic E-state index is 0.0199. The molecule has 0 spiro atoms. The molecule has 0 aromatic heterocycles. The fourth-order valence-electron chi connectivity index (χ4n) is 2.52. The van der Waals surface area contributed by atoms with Crippen LogP contribution in [-0.2, 0) is 26.0 Å². The molecule has 0 radical (unpaired) electrons. The summed E-state index contributed by atoms with van der Waals surface area (Å²) in [5.74, 6) is -0.633. The smallest absolute Gasteiger partial charge is 0.241 e. The highest BCUT2D eigenvalue weighted by Crippen LogP contribution is 2.25. The fourth-order valence-corrected chi connectivity index (χ4v) is 3.56. The monoisotopic (exact) mass is 359 g/mol. The molecule has 1 aliphatic rings. The molecule has 0 atom stereocenters. The van der Waals surface area contributed by atoms with Gasteiger partial charge in [0, 0.05) is 11.4 Å². The summed E-state index contributed by atoms with van der Waals surface area (Å²) in [7, 11) is -3.85. The topological polar surface area (TPSA) is 104 Å². The average molecular weight is 359 g/mol. The maximum absolute atomic E-state index is 12.3. The molecule has 3 rings (SSSR count). The Morgan fingerprint density at radius 2 is 1.96 bits per heavy atom. The van der Waals surface area contributed by atoms with Crippen molar-refractivity contribution in [1.29, 1.82) is 0 Å². The molecule has 0 saturated heterocycles. The van der Waals surface area contributed by atoms with Crippen LogP contribution in [0.3, 0.4) is 0 Å². The summed E-state index contributed by atoms with van der Waals surface area (Å²) in [5.41, 5.74) is 2.75. The zero-order valence-electron chi connectivity index (χ0n) is 13.5. The van der Waals surface area contributed by atoms with E-state index in [1.807, 2.05) is 19.1 Å². The Labute approximate surface area is 145 Å². The van der Waals surface area contributed by atoms with Crippen LogP contribution >= 0.6 is 0 Å². The highest BCUT2D eigenvalue weighted by Gasteiger charge is 2.22. The number of benzene rings is 2. The molecule has 130 valence electrons. The number of para-hydroxylation sites is 1. The summed E-state index contributed by atoms with van der Waals surface area (Å²) in [6.07, 6.45) is 0.145. The summed E-state index contributed by atoms with van der Waals surface area (Å²) < 4.78 is 27.0. The van der Waals surface area contributed by atoms with Crippen LogP contribution in [0.1, 0.15) is 11.1 Å². The number of hydrogen-bond donors (Lipinski definition) is 3. The molecule has 3 N–H and O–H groups in total. The van der Waals surface area contributed by atoms with E-state index in [2.05, 4.69) is 15.4 Å². The zero-order chi connectivity index (χ0) is 18.0. The predicted molar refractivity (Wildman–Crippen MR) is 93.8 cm³/mol. The Kier molecular flexibility index (Phi) is 4.56. The minimum atomic E-state index is -3.85. The molecule has 1 aliphatic heterocycles. The molecule has 1 heterocycles. The lowest BCUT2D eigenvalue weighted by molar-refractivity contribution is -0.115. The molecule has 2 amide bonds. The van der Waals surface area contributed by atoms with E-state index in [4.69, 9.17) is 0 Å². The number of carbonyl (C=O) groups excluding carboxylic acids is 2. The third-order valence-corrected chi connectivity index (χ3v) is 5.25. The van der Waals surface area contributed by atoms with Gasteiger partial charge in [-0.05, 0) is 42.3 Å². The Balaban J connectivity index is 1.66. The van der Waals surface area contributed by atoms with Gasteiger partial charge in [-0.2, -0.15) is 0 Å². The summed E-state index contributed by atoms with van der Waals surface area (Å²) >= 11 is 0. The van der Waals surface area contributed by atoms with E-state index in [0.717, 1.165) is 5.56 Å². The number of nitrogens with one attached hydrogen (secondary N) is 3. The van der Waals surface area contributed by atoms with E-state index in [1.165, 1.54) is 12.1 Å². The molecule has 7 nitrogen and oxygen atoms in total. The molecule has 0 fully saturated rings. The molecule has 8 heteroatoms. The summed E-state index contributed by atoms with van der Waals surface area (Å²) in [6, 6.07) is 11.6. The summed E-state index contributed by atoms with van der Waals surface area (Å²) in [4.78, 5) is 23.3. The number of amides is 2. The number of sulfonamides is 1. The fraction of sp³-hybridized carbons (Fsp3) is 0.176. The number of aryl methyl sites for hydroxylation is 1. The highest BCUT2D eigenvalue weighted by molar-refractivity contribution is 7.89. The third kappa shape index (κ3) is 3.86. The normalized spacial score (nSPS) is 13.2. The van der Waals surface area contributed by atoms with Crippen molar-refractivity contribution in [3.8, 4) is 0 Å². The van der Waals surface area contributed by atoms with Gasteiger partial charge in [-0.25, -0.2) is 13.1 Å². The van der Waals surface area contributed by atoms with E-state index in [9.17, 15) is 18.0 Å². The van der Waals surface area contributed by atoms with Crippen molar-refractivity contribution in [1.82, 2.24) is 4.72 Å². The molecule has 0 aliphatic carbocycles. The number of rotatable bonds is 5. The minimum Gasteiger partial charge on any atom is -0.326 e. The molecule has 0 bridgehead atoms. The predicted octanol–water partition coefficient (Wildman–Crippen LogP) is 1.41. The van der Waals surface area contributed by atoms with Crippen molar-refractivity contribution >= 4 is 33.2 Å². The van der Waals surface area contributed by atoms with Crippen LogP contribution in [0.4, 0.5) is 11.4 Å². The standard InChI is InChI=1S/C17H17N3O4S/c1-11-4-2-3-5-14(11)19-17(22)10-18-25(23,24)13-6-7-15-12(8-13)9-16(21)20-15/h2-8,18H,9-10H2,1H3,(H,19,22)(H,20,21). The van der Waals surface area contributed by atoms with Gasteiger partial charge in [0.15, 0.2) is 0 Å². The van der Waals surface area contributed by atoms with Crippen LogP contribution in [0.15, 0.2) is 47.4 Å². The average Bonchev–Trinajstić information content (AvgIpc) is 2.94. The Hall–Kier alpha value is -2.71. The van der Waals surface area contributed by atoms with Crippen LogP contribution in [0.2, 0.25) is 0 Å². The summed E-state index contributed by atoms with van der Waals surface area (Å²) in [5, 5.41) is 5.30. The second-order valence-corrected chi connectivity index (χ2v) is 7.50. The van der Waals surface area contributed by atoms with Crippen LogP contribution in [0, 0.1) is 6.92 Å². The van der Waals surface area contributed by atoms with Crippen LogP contribution in [0.25, 0.3) is 0 Å². The molecule has 2 aromatic rings. The van der Waals surface area contributed by atoms with Crippen LogP contribution in [0.5, 0.6) is 0 Å². The van der Waals surface area contributed by atoms with Gasteiger partial charge in [-0.1, -0.05) is 18.2 Å². The maximum Gasteiger partial charge on any atom is 0.241 e. The summed E-state index contributed by atoms with van der Waals surface area (Å²) in [6.45, 7) is 1.46. The Bertz CT molecular complexity index is 954. The third-order valence-electron chi connectivity index (χ3n) is 3.85. The van der Waals surface area contributed by atoms with E-state index in [-0.39, 0.29) is 23.8 Å². The highest BCUT2D eigenvalue weighted by atomic mass is 32.2. The maximum atomic E-state index is 12.3. The van der Waals surface area contributed by atoms with Crippen molar-refractivity contribution in [2.45, 2.75) is 18.2 Å². The Morgan fingerprint density at radius 3 is 2.72 bits per heavy atom. The first kappa shape index (κ1) is 17.1. The second kappa shape index (κ2) is 6.66. The number of hydrogen-bond acceptors (Lipinski definition) is 4. The van der Waals surface area contributed by atoms with Crippen molar-refractivity contribution in [3.63, 3.8) is 0 Å². The van der Waals surface area contributed by atoms with E-state index < -0.39 is 15.9 Å². The molecule has 2 aromatic carbocycles. The number of fused-ring (bicyclic) bond motifs is 1. The van der Waals surface area contributed by atoms with Gasteiger partial charge in [0.25, 0.3) is 0 Å². The van der Waals surface area contributed by atoms with Crippen LogP contribution in [-0.4, -0.2) is 26.8 Å². The second-order valence-electron chi connectivity index (χ2n) is 5.73. The van der Waals surface area contributed by atoms with Gasteiger partial charge >= 0.3 is 0 Å². The number of anilines is 2. The van der Waals surface area contributed by atoms with E-state index in [1.54, 1.807) is 18.2 Å². The molecule has 25 heavy (non-hydrogen) atoms. The molecular weight excluding hydrogens is 342 g/mol. The SMILES string of the molecule is Cc1ccccc1NC(=O)CNS(=O)(=O)c1ccc2c(c1)CC(=O)N2. The van der Waals surface area contributed by atoms with Gasteiger partial charge in [-0.15, -0.1) is 0 Å². The lowest BCUT2D eigenvalue weighted by Crippen LogP contribution is -2.33. The Morgan fingerprint density at radius 1 is 1.20 bits per heavy atom. The van der Waals surface area contributed by atoms with Crippen LogP contribution < -0.4 is 15.4 Å². The van der Waals surface area contributed by atoms with Gasteiger partial charge in [0.05, 0.1) is 17.9 Å². The van der Waals surface area contributed by atoms with Crippen molar-refractivity contribution in [3.05, 3.63) is 53.6 Å². The first-order chi connectivity index (χ1) is 11.8. The molecular formula is C17H17N3O4S. The van der Waals surface area contributed by atoms with Crippen molar-refractivity contribution < 1.29 is 18.0 Å². The van der Waals surface area contributed by atoms with Gasteiger partial charge in [0.1, 0.15) is 0 Å². The number of carbonyl (C=O) groups is 2. The quantitative estimate of drug-likeness (QED) is 0.751.